The first-order valence-electron chi connectivity index (χ1n) is 8.91. The van der Waals surface area contributed by atoms with Crippen LogP contribution in [0.3, 0.4) is 0 Å². The Morgan fingerprint density at radius 2 is 1.40 bits per heavy atom. The Bertz CT molecular complexity index is 1070. The predicted molar refractivity (Wildman–Crippen MR) is 109 cm³/mol. The standard InChI is InChI=1S/C23H24N2/c1-5-25-22-11-9-17(3)14-20(22)21-15-19(10-12-23(21)25)24(4)18-8-6-7-16(2)13-18/h6-15H,5H2,1-4H3. The number of rotatable bonds is 3. The van der Waals surface area contributed by atoms with Gasteiger partial charge in [-0.2, -0.15) is 0 Å². The number of hydrogen-bond donors (Lipinski definition) is 0. The van der Waals surface area contributed by atoms with Crippen molar-refractivity contribution in [3.63, 3.8) is 0 Å². The third-order valence-corrected chi connectivity index (χ3v) is 5.10. The molecular weight excluding hydrogens is 304 g/mol. The van der Waals surface area contributed by atoms with Gasteiger partial charge in [0.25, 0.3) is 0 Å². The number of anilines is 2. The molecule has 0 aliphatic heterocycles. The summed E-state index contributed by atoms with van der Waals surface area (Å²) in [6, 6.07) is 22.2. The van der Waals surface area contributed by atoms with Crippen LogP contribution in [0.15, 0.2) is 60.7 Å². The molecule has 4 rings (SSSR count). The molecule has 3 aromatic carbocycles. The summed E-state index contributed by atoms with van der Waals surface area (Å²) >= 11 is 0. The molecule has 1 heterocycles. The van der Waals surface area contributed by atoms with Crippen molar-refractivity contribution in [3.05, 3.63) is 71.8 Å². The number of benzene rings is 3. The van der Waals surface area contributed by atoms with Crippen LogP contribution < -0.4 is 4.90 Å². The number of fused-ring (bicyclic) bond motifs is 3. The zero-order valence-corrected chi connectivity index (χ0v) is 15.4. The van der Waals surface area contributed by atoms with Crippen LogP contribution in [0.5, 0.6) is 0 Å². The van der Waals surface area contributed by atoms with Crippen molar-refractivity contribution in [2.24, 2.45) is 0 Å². The molecule has 2 heteroatoms. The molecule has 25 heavy (non-hydrogen) atoms. The highest BCUT2D eigenvalue weighted by Gasteiger charge is 2.12. The van der Waals surface area contributed by atoms with E-state index in [-0.39, 0.29) is 0 Å². The van der Waals surface area contributed by atoms with Crippen molar-refractivity contribution in [1.82, 2.24) is 4.57 Å². The normalized spacial score (nSPS) is 11.4. The van der Waals surface area contributed by atoms with E-state index in [2.05, 4.69) is 97.9 Å². The molecule has 0 aliphatic carbocycles. The lowest BCUT2D eigenvalue weighted by atomic mass is 10.1. The molecular formula is C23H24N2. The Labute approximate surface area is 149 Å². The largest absolute Gasteiger partial charge is 0.345 e. The number of aromatic nitrogens is 1. The van der Waals surface area contributed by atoms with Crippen LogP contribution >= 0.6 is 0 Å². The molecule has 4 aromatic rings. The average Bonchev–Trinajstić information content (AvgIpc) is 2.93. The van der Waals surface area contributed by atoms with Gasteiger partial charge in [-0.1, -0.05) is 23.8 Å². The fourth-order valence-corrected chi connectivity index (χ4v) is 3.74. The van der Waals surface area contributed by atoms with Crippen LogP contribution in [-0.2, 0) is 6.54 Å². The minimum absolute atomic E-state index is 0.982. The van der Waals surface area contributed by atoms with Gasteiger partial charge in [-0.25, -0.2) is 0 Å². The zero-order valence-electron chi connectivity index (χ0n) is 15.4. The molecule has 0 aliphatic rings. The predicted octanol–water partition coefficient (Wildman–Crippen LogP) is 6.20. The molecule has 0 atom stereocenters. The first-order valence-corrected chi connectivity index (χ1v) is 8.91. The second-order valence-corrected chi connectivity index (χ2v) is 6.86. The Morgan fingerprint density at radius 3 is 2.12 bits per heavy atom. The molecule has 0 amide bonds. The number of nitrogens with zero attached hydrogens (tertiary/aromatic N) is 2. The summed E-state index contributed by atoms with van der Waals surface area (Å²) in [5.74, 6) is 0. The van der Waals surface area contributed by atoms with E-state index in [1.165, 1.54) is 44.3 Å². The highest BCUT2D eigenvalue weighted by molar-refractivity contribution is 6.09. The van der Waals surface area contributed by atoms with Gasteiger partial charge in [0.2, 0.25) is 0 Å². The van der Waals surface area contributed by atoms with Crippen LogP contribution in [0.4, 0.5) is 11.4 Å². The lowest BCUT2D eigenvalue weighted by molar-refractivity contribution is 0.827. The van der Waals surface area contributed by atoms with Gasteiger partial charge < -0.3 is 9.47 Å². The fourth-order valence-electron chi connectivity index (χ4n) is 3.74. The molecule has 0 bridgehead atoms. The lowest BCUT2D eigenvalue weighted by Crippen LogP contribution is -2.09. The molecule has 126 valence electrons. The van der Waals surface area contributed by atoms with E-state index in [4.69, 9.17) is 0 Å². The zero-order chi connectivity index (χ0) is 17.6. The number of hydrogen-bond acceptors (Lipinski definition) is 1. The second kappa shape index (κ2) is 5.96. The maximum atomic E-state index is 2.40. The van der Waals surface area contributed by atoms with E-state index in [0.717, 1.165) is 6.54 Å². The van der Waals surface area contributed by atoms with Crippen molar-refractivity contribution >= 4 is 33.2 Å². The Kier molecular flexibility index (Phi) is 3.76. The monoisotopic (exact) mass is 328 g/mol. The third kappa shape index (κ3) is 2.58. The summed E-state index contributed by atoms with van der Waals surface area (Å²) in [6.07, 6.45) is 0. The third-order valence-electron chi connectivity index (χ3n) is 5.10. The van der Waals surface area contributed by atoms with Gasteiger partial charge in [-0.3, -0.25) is 0 Å². The molecule has 1 aromatic heterocycles. The van der Waals surface area contributed by atoms with Gasteiger partial charge in [0, 0.05) is 46.8 Å². The molecule has 0 saturated heterocycles. The van der Waals surface area contributed by atoms with Crippen LogP contribution in [0.25, 0.3) is 21.8 Å². The Hall–Kier alpha value is -2.74. The quantitative estimate of drug-likeness (QED) is 0.435. The molecule has 0 fully saturated rings. The Morgan fingerprint density at radius 1 is 0.760 bits per heavy atom. The highest BCUT2D eigenvalue weighted by Crippen LogP contribution is 2.34. The SMILES string of the molecule is CCn1c2ccc(C)cc2c2cc(N(C)c3cccc(C)c3)ccc21. The fraction of sp³-hybridized carbons (Fsp3) is 0.217. The van der Waals surface area contributed by atoms with Gasteiger partial charge >= 0.3 is 0 Å². The summed E-state index contributed by atoms with van der Waals surface area (Å²) < 4.78 is 2.40. The van der Waals surface area contributed by atoms with Crippen molar-refractivity contribution < 1.29 is 0 Å². The van der Waals surface area contributed by atoms with E-state index in [1.54, 1.807) is 0 Å². The van der Waals surface area contributed by atoms with Gasteiger partial charge in [-0.15, -0.1) is 0 Å². The van der Waals surface area contributed by atoms with Gasteiger partial charge in [0.15, 0.2) is 0 Å². The average molecular weight is 328 g/mol. The molecule has 0 N–H and O–H groups in total. The molecule has 2 nitrogen and oxygen atoms in total. The van der Waals surface area contributed by atoms with Crippen LogP contribution in [0.2, 0.25) is 0 Å². The van der Waals surface area contributed by atoms with E-state index < -0.39 is 0 Å². The van der Waals surface area contributed by atoms with Crippen LogP contribution in [0.1, 0.15) is 18.1 Å². The summed E-state index contributed by atoms with van der Waals surface area (Å²) in [6.45, 7) is 7.50. The van der Waals surface area contributed by atoms with E-state index >= 15 is 0 Å². The van der Waals surface area contributed by atoms with E-state index in [9.17, 15) is 0 Å². The van der Waals surface area contributed by atoms with E-state index in [1.807, 2.05) is 0 Å². The van der Waals surface area contributed by atoms with Crippen LogP contribution in [-0.4, -0.2) is 11.6 Å². The maximum absolute atomic E-state index is 2.40. The molecule has 0 radical (unpaired) electrons. The number of aryl methyl sites for hydroxylation is 3. The van der Waals surface area contributed by atoms with Gasteiger partial charge in [0.05, 0.1) is 0 Å². The minimum Gasteiger partial charge on any atom is -0.345 e. The smallest absolute Gasteiger partial charge is 0.0492 e. The van der Waals surface area contributed by atoms with Crippen molar-refractivity contribution in [1.29, 1.82) is 0 Å². The van der Waals surface area contributed by atoms with Gasteiger partial charge in [0.1, 0.15) is 0 Å². The van der Waals surface area contributed by atoms with Gasteiger partial charge in [-0.05, 0) is 68.8 Å². The second-order valence-electron chi connectivity index (χ2n) is 6.86. The summed E-state index contributed by atoms with van der Waals surface area (Å²) in [5, 5.41) is 2.67. The van der Waals surface area contributed by atoms with E-state index in [0.29, 0.717) is 0 Å². The van der Waals surface area contributed by atoms with Crippen LogP contribution in [0, 0.1) is 13.8 Å². The topological polar surface area (TPSA) is 8.17 Å². The first kappa shape index (κ1) is 15.8. The van der Waals surface area contributed by atoms with Crippen molar-refractivity contribution in [2.75, 3.05) is 11.9 Å². The minimum atomic E-state index is 0.982. The van der Waals surface area contributed by atoms with Crippen molar-refractivity contribution in [3.8, 4) is 0 Å². The lowest BCUT2D eigenvalue weighted by Gasteiger charge is -2.20. The first-order chi connectivity index (χ1) is 12.1. The summed E-state index contributed by atoms with van der Waals surface area (Å²) in [7, 11) is 2.14. The molecule has 0 saturated carbocycles. The summed E-state index contributed by atoms with van der Waals surface area (Å²) in [5.41, 5.74) is 7.65. The molecule has 0 unspecified atom stereocenters. The highest BCUT2D eigenvalue weighted by atomic mass is 15.1. The summed E-state index contributed by atoms with van der Waals surface area (Å²) in [4.78, 5) is 2.26. The maximum Gasteiger partial charge on any atom is 0.0492 e. The Balaban J connectivity index is 1.93. The molecule has 0 spiro atoms. The van der Waals surface area contributed by atoms with Crippen molar-refractivity contribution in [2.45, 2.75) is 27.3 Å².